The van der Waals surface area contributed by atoms with Crippen molar-refractivity contribution in [1.82, 2.24) is 0 Å². The number of benzene rings is 1. The topological polar surface area (TPSA) is 107 Å². The van der Waals surface area contributed by atoms with Crippen molar-refractivity contribution < 1.29 is 13.2 Å². The molecule has 7 heteroatoms. The molecule has 0 aliphatic rings. The van der Waals surface area contributed by atoms with Gasteiger partial charge in [0.2, 0.25) is 10.0 Å². The van der Waals surface area contributed by atoms with E-state index in [0.29, 0.717) is 18.0 Å². The molecule has 0 radical (unpaired) electrons. The second-order valence-electron chi connectivity index (χ2n) is 4.04. The summed E-state index contributed by atoms with van der Waals surface area (Å²) in [6.45, 7) is 2.53. The Morgan fingerprint density at radius 1 is 1.39 bits per heavy atom. The molecule has 0 aromatic heterocycles. The number of primary sulfonamides is 1. The standard InChI is InChI=1S/C11H19N3O3S/c1-3-9(7-17-2)14-10-4-8(12)5-11(6-10)18(13,15)16/h4-6,9,14H,3,7,12H2,1-2H3,(H2,13,15,16). The maximum absolute atomic E-state index is 11.3. The molecule has 0 amide bonds. The van der Waals surface area contributed by atoms with Gasteiger partial charge in [-0.15, -0.1) is 0 Å². The zero-order valence-electron chi connectivity index (χ0n) is 10.5. The molecule has 18 heavy (non-hydrogen) atoms. The van der Waals surface area contributed by atoms with Crippen molar-refractivity contribution >= 4 is 21.4 Å². The van der Waals surface area contributed by atoms with Crippen LogP contribution in [-0.2, 0) is 14.8 Å². The van der Waals surface area contributed by atoms with E-state index in [1.807, 2.05) is 6.92 Å². The molecule has 0 heterocycles. The van der Waals surface area contributed by atoms with Crippen molar-refractivity contribution in [3.8, 4) is 0 Å². The van der Waals surface area contributed by atoms with Crippen molar-refractivity contribution in [2.24, 2.45) is 5.14 Å². The third kappa shape index (κ3) is 4.17. The van der Waals surface area contributed by atoms with Gasteiger partial charge >= 0.3 is 0 Å². The quantitative estimate of drug-likeness (QED) is 0.663. The fourth-order valence-corrected chi connectivity index (χ4v) is 2.16. The van der Waals surface area contributed by atoms with Crippen LogP contribution in [-0.4, -0.2) is 28.2 Å². The van der Waals surface area contributed by atoms with Crippen LogP contribution in [0.4, 0.5) is 11.4 Å². The summed E-state index contributed by atoms with van der Waals surface area (Å²) in [7, 11) is -2.14. The van der Waals surface area contributed by atoms with Crippen molar-refractivity contribution in [2.75, 3.05) is 24.8 Å². The molecule has 0 fully saturated rings. The number of nitrogens with two attached hydrogens (primary N) is 2. The predicted molar refractivity (Wildman–Crippen MR) is 71.8 cm³/mol. The number of hydrogen-bond donors (Lipinski definition) is 3. The van der Waals surface area contributed by atoms with Crippen molar-refractivity contribution in [3.05, 3.63) is 18.2 Å². The summed E-state index contributed by atoms with van der Waals surface area (Å²) in [4.78, 5) is -0.00253. The van der Waals surface area contributed by atoms with Crippen LogP contribution in [0, 0.1) is 0 Å². The molecular formula is C11H19N3O3S. The van der Waals surface area contributed by atoms with Crippen LogP contribution in [0.2, 0.25) is 0 Å². The monoisotopic (exact) mass is 273 g/mol. The zero-order chi connectivity index (χ0) is 13.8. The number of anilines is 2. The van der Waals surface area contributed by atoms with Crippen molar-refractivity contribution in [2.45, 2.75) is 24.3 Å². The number of hydrogen-bond acceptors (Lipinski definition) is 5. The Morgan fingerprint density at radius 3 is 2.56 bits per heavy atom. The van der Waals surface area contributed by atoms with Gasteiger partial charge in [0.25, 0.3) is 0 Å². The van der Waals surface area contributed by atoms with Crippen molar-refractivity contribution in [1.29, 1.82) is 0 Å². The molecule has 102 valence electrons. The third-order valence-corrected chi connectivity index (χ3v) is 3.38. The van der Waals surface area contributed by atoms with E-state index < -0.39 is 10.0 Å². The molecule has 0 saturated carbocycles. The number of nitrogens with one attached hydrogen (secondary N) is 1. The minimum absolute atomic E-state index is 0.00253. The van der Waals surface area contributed by atoms with Gasteiger partial charge in [-0.25, -0.2) is 13.6 Å². The lowest BCUT2D eigenvalue weighted by Crippen LogP contribution is -2.24. The summed E-state index contributed by atoms with van der Waals surface area (Å²) in [6, 6.07) is 4.54. The third-order valence-electron chi connectivity index (χ3n) is 2.49. The van der Waals surface area contributed by atoms with Crippen LogP contribution >= 0.6 is 0 Å². The Bertz CT molecular complexity index is 502. The Morgan fingerprint density at radius 2 is 2.06 bits per heavy atom. The molecule has 0 saturated heterocycles. The predicted octanol–water partition coefficient (Wildman–Crippen LogP) is 0.753. The minimum atomic E-state index is -3.75. The molecule has 0 spiro atoms. The van der Waals surface area contributed by atoms with Crippen LogP contribution in [0.5, 0.6) is 0 Å². The highest BCUT2D eigenvalue weighted by molar-refractivity contribution is 7.89. The van der Waals surface area contributed by atoms with E-state index in [-0.39, 0.29) is 10.9 Å². The normalized spacial score (nSPS) is 13.3. The molecule has 0 bridgehead atoms. The first kappa shape index (κ1) is 14.7. The summed E-state index contributed by atoms with van der Waals surface area (Å²) >= 11 is 0. The summed E-state index contributed by atoms with van der Waals surface area (Å²) < 4.78 is 27.6. The fourth-order valence-electron chi connectivity index (χ4n) is 1.57. The Kier molecular flexibility index (Phi) is 4.94. The molecule has 0 aliphatic carbocycles. The molecule has 1 aromatic carbocycles. The average Bonchev–Trinajstić information content (AvgIpc) is 2.26. The summed E-state index contributed by atoms with van der Waals surface area (Å²) in [5.74, 6) is 0. The summed E-state index contributed by atoms with van der Waals surface area (Å²) in [5, 5.41) is 8.24. The van der Waals surface area contributed by atoms with Gasteiger partial charge in [0.05, 0.1) is 11.5 Å². The van der Waals surface area contributed by atoms with E-state index >= 15 is 0 Å². The van der Waals surface area contributed by atoms with Crippen LogP contribution in [0.1, 0.15) is 13.3 Å². The highest BCUT2D eigenvalue weighted by Crippen LogP contribution is 2.20. The van der Waals surface area contributed by atoms with Crippen LogP contribution in [0.15, 0.2) is 23.1 Å². The molecule has 5 N–H and O–H groups in total. The largest absolute Gasteiger partial charge is 0.399 e. The van der Waals surface area contributed by atoms with Crippen LogP contribution in [0.3, 0.4) is 0 Å². The highest BCUT2D eigenvalue weighted by Gasteiger charge is 2.12. The zero-order valence-corrected chi connectivity index (χ0v) is 11.3. The molecule has 0 aliphatic heterocycles. The molecule has 1 atom stereocenters. The first-order valence-electron chi connectivity index (χ1n) is 5.55. The first-order chi connectivity index (χ1) is 8.36. The molecule has 1 rings (SSSR count). The molecule has 1 unspecified atom stereocenters. The number of rotatable bonds is 6. The summed E-state index contributed by atoms with van der Waals surface area (Å²) in [6.07, 6.45) is 0.841. The lowest BCUT2D eigenvalue weighted by Gasteiger charge is -2.18. The van der Waals surface area contributed by atoms with Crippen LogP contribution < -0.4 is 16.2 Å². The number of sulfonamides is 1. The number of methoxy groups -OCH3 is 1. The van der Waals surface area contributed by atoms with Crippen LogP contribution in [0.25, 0.3) is 0 Å². The van der Waals surface area contributed by atoms with Gasteiger partial charge in [-0.1, -0.05) is 6.92 Å². The van der Waals surface area contributed by atoms with Gasteiger partial charge in [0, 0.05) is 24.5 Å². The minimum Gasteiger partial charge on any atom is -0.399 e. The molecule has 6 nitrogen and oxygen atoms in total. The lowest BCUT2D eigenvalue weighted by atomic mass is 10.2. The maximum Gasteiger partial charge on any atom is 0.238 e. The maximum atomic E-state index is 11.3. The van der Waals surface area contributed by atoms with Gasteiger partial charge in [-0.2, -0.15) is 0 Å². The Labute approximate surface area is 107 Å². The molecular weight excluding hydrogens is 254 g/mol. The van der Waals surface area contributed by atoms with Gasteiger partial charge < -0.3 is 15.8 Å². The van der Waals surface area contributed by atoms with E-state index in [1.54, 1.807) is 13.2 Å². The second-order valence-corrected chi connectivity index (χ2v) is 5.60. The lowest BCUT2D eigenvalue weighted by molar-refractivity contribution is 0.184. The second kappa shape index (κ2) is 6.03. The summed E-state index contributed by atoms with van der Waals surface area (Å²) in [5.41, 5.74) is 6.61. The van der Waals surface area contributed by atoms with E-state index in [4.69, 9.17) is 15.6 Å². The highest BCUT2D eigenvalue weighted by atomic mass is 32.2. The van der Waals surface area contributed by atoms with Gasteiger partial charge in [-0.05, 0) is 24.6 Å². The number of nitrogen functional groups attached to an aromatic ring is 1. The van der Waals surface area contributed by atoms with E-state index in [9.17, 15) is 8.42 Å². The van der Waals surface area contributed by atoms with Gasteiger partial charge in [-0.3, -0.25) is 0 Å². The average molecular weight is 273 g/mol. The fraction of sp³-hybridized carbons (Fsp3) is 0.455. The Hall–Kier alpha value is -1.31. The van der Waals surface area contributed by atoms with E-state index in [1.165, 1.54) is 12.1 Å². The molecule has 1 aromatic rings. The smallest absolute Gasteiger partial charge is 0.238 e. The van der Waals surface area contributed by atoms with E-state index in [2.05, 4.69) is 5.32 Å². The first-order valence-corrected chi connectivity index (χ1v) is 7.10. The van der Waals surface area contributed by atoms with Crippen molar-refractivity contribution in [3.63, 3.8) is 0 Å². The number of ether oxygens (including phenoxy) is 1. The van der Waals surface area contributed by atoms with Gasteiger partial charge in [0.1, 0.15) is 0 Å². The van der Waals surface area contributed by atoms with E-state index in [0.717, 1.165) is 6.42 Å². The van der Waals surface area contributed by atoms with Gasteiger partial charge in [0.15, 0.2) is 0 Å². The SMILES string of the molecule is CCC(COC)Nc1cc(N)cc(S(N)(=O)=O)c1. The Balaban J connectivity index is 2.99.